The third kappa shape index (κ3) is 2.98. The molecule has 0 amide bonds. The molecule has 0 bridgehead atoms. The standard InChI is InChI=1S/C15H20N4O/c16-13-8-12(9-17-10-13)15-18-14(19-20-15)11-6-4-2-1-3-5-7-11/h8-11H,1-7,16H2. The van der Waals surface area contributed by atoms with Gasteiger partial charge in [-0.3, -0.25) is 4.98 Å². The van der Waals surface area contributed by atoms with Crippen LogP contribution < -0.4 is 5.73 Å². The van der Waals surface area contributed by atoms with E-state index in [9.17, 15) is 0 Å². The molecule has 2 aromatic rings. The molecule has 106 valence electrons. The largest absolute Gasteiger partial charge is 0.397 e. The zero-order valence-corrected chi connectivity index (χ0v) is 11.6. The van der Waals surface area contributed by atoms with Crippen LogP contribution in [0.25, 0.3) is 11.5 Å². The van der Waals surface area contributed by atoms with Crippen molar-refractivity contribution in [3.63, 3.8) is 0 Å². The second-order valence-corrected chi connectivity index (χ2v) is 5.51. The lowest BCUT2D eigenvalue weighted by molar-refractivity contribution is 0.393. The first-order valence-corrected chi connectivity index (χ1v) is 7.37. The van der Waals surface area contributed by atoms with E-state index in [1.54, 1.807) is 12.4 Å². The number of nitrogens with two attached hydrogens (primary N) is 1. The van der Waals surface area contributed by atoms with Crippen LogP contribution in [0.5, 0.6) is 0 Å². The summed E-state index contributed by atoms with van der Waals surface area (Å²) < 4.78 is 5.37. The molecule has 1 aliphatic rings. The van der Waals surface area contributed by atoms with E-state index >= 15 is 0 Å². The zero-order valence-electron chi connectivity index (χ0n) is 11.6. The summed E-state index contributed by atoms with van der Waals surface area (Å²) in [7, 11) is 0. The smallest absolute Gasteiger partial charge is 0.259 e. The Hall–Kier alpha value is -1.91. The van der Waals surface area contributed by atoms with Crippen LogP contribution in [0.15, 0.2) is 23.0 Å². The van der Waals surface area contributed by atoms with Crippen LogP contribution in [-0.2, 0) is 0 Å². The minimum absolute atomic E-state index is 0.432. The lowest BCUT2D eigenvalue weighted by Gasteiger charge is -2.15. The van der Waals surface area contributed by atoms with E-state index in [-0.39, 0.29) is 0 Å². The van der Waals surface area contributed by atoms with Crippen molar-refractivity contribution in [3.8, 4) is 11.5 Å². The van der Waals surface area contributed by atoms with Crippen LogP contribution in [0, 0.1) is 0 Å². The number of nitrogens with zero attached hydrogens (tertiary/aromatic N) is 3. The average molecular weight is 272 g/mol. The monoisotopic (exact) mass is 272 g/mol. The van der Waals surface area contributed by atoms with Crippen LogP contribution in [-0.4, -0.2) is 15.1 Å². The van der Waals surface area contributed by atoms with Crippen LogP contribution in [0.4, 0.5) is 5.69 Å². The minimum atomic E-state index is 0.432. The zero-order chi connectivity index (χ0) is 13.8. The van der Waals surface area contributed by atoms with Crippen molar-refractivity contribution in [3.05, 3.63) is 24.3 Å². The summed E-state index contributed by atoms with van der Waals surface area (Å²) in [6, 6.07) is 1.81. The topological polar surface area (TPSA) is 77.8 Å². The van der Waals surface area contributed by atoms with Gasteiger partial charge in [-0.05, 0) is 18.9 Å². The first-order valence-electron chi connectivity index (χ1n) is 7.37. The van der Waals surface area contributed by atoms with Crippen LogP contribution in [0.1, 0.15) is 56.7 Å². The fourth-order valence-electron chi connectivity index (χ4n) is 2.81. The number of hydrogen-bond donors (Lipinski definition) is 1. The molecule has 1 fully saturated rings. The van der Waals surface area contributed by atoms with Gasteiger partial charge in [-0.15, -0.1) is 0 Å². The van der Waals surface area contributed by atoms with Crippen molar-refractivity contribution in [2.45, 2.75) is 50.9 Å². The van der Waals surface area contributed by atoms with Gasteiger partial charge in [0, 0.05) is 18.3 Å². The van der Waals surface area contributed by atoms with Gasteiger partial charge in [-0.2, -0.15) is 4.98 Å². The number of pyridine rings is 1. The van der Waals surface area contributed by atoms with E-state index in [0.29, 0.717) is 17.5 Å². The lowest BCUT2D eigenvalue weighted by Crippen LogP contribution is -2.04. The normalized spacial score (nSPS) is 17.6. The van der Waals surface area contributed by atoms with Crippen LogP contribution >= 0.6 is 0 Å². The quantitative estimate of drug-likeness (QED) is 0.904. The molecular weight excluding hydrogens is 252 g/mol. The summed E-state index contributed by atoms with van der Waals surface area (Å²) in [5.74, 6) is 1.79. The van der Waals surface area contributed by atoms with Crippen LogP contribution in [0.3, 0.4) is 0 Å². The van der Waals surface area contributed by atoms with Gasteiger partial charge in [0.25, 0.3) is 5.89 Å². The van der Waals surface area contributed by atoms with E-state index in [2.05, 4.69) is 15.1 Å². The van der Waals surface area contributed by atoms with E-state index < -0.39 is 0 Å². The maximum Gasteiger partial charge on any atom is 0.259 e. The third-order valence-corrected chi connectivity index (χ3v) is 3.92. The molecule has 0 aromatic carbocycles. The van der Waals surface area contributed by atoms with Crippen molar-refractivity contribution in [1.82, 2.24) is 15.1 Å². The SMILES string of the molecule is Nc1cncc(-c2nc(C3CCCCCCC3)no2)c1. The third-order valence-electron chi connectivity index (χ3n) is 3.92. The predicted molar refractivity (Wildman–Crippen MR) is 77.0 cm³/mol. The first-order chi connectivity index (χ1) is 9.83. The highest BCUT2D eigenvalue weighted by molar-refractivity contribution is 5.57. The second-order valence-electron chi connectivity index (χ2n) is 5.51. The van der Waals surface area contributed by atoms with Gasteiger partial charge in [-0.1, -0.05) is 37.3 Å². The molecule has 2 N–H and O–H groups in total. The van der Waals surface area contributed by atoms with E-state index in [1.165, 1.54) is 32.1 Å². The Morgan fingerprint density at radius 2 is 1.80 bits per heavy atom. The molecule has 5 nitrogen and oxygen atoms in total. The highest BCUT2D eigenvalue weighted by atomic mass is 16.5. The van der Waals surface area contributed by atoms with Gasteiger partial charge in [-0.25, -0.2) is 0 Å². The van der Waals surface area contributed by atoms with Gasteiger partial charge >= 0.3 is 0 Å². The van der Waals surface area contributed by atoms with Gasteiger partial charge < -0.3 is 10.3 Å². The number of aromatic nitrogens is 3. The number of hydrogen-bond acceptors (Lipinski definition) is 5. The summed E-state index contributed by atoms with van der Waals surface area (Å²) in [5, 5.41) is 4.16. The predicted octanol–water partition coefficient (Wildman–Crippen LogP) is 3.54. The Labute approximate surface area is 118 Å². The molecule has 1 saturated carbocycles. The first kappa shape index (κ1) is 13.1. The molecule has 20 heavy (non-hydrogen) atoms. The molecule has 5 heteroatoms. The summed E-state index contributed by atoms with van der Waals surface area (Å²) >= 11 is 0. The van der Waals surface area contributed by atoms with Crippen molar-refractivity contribution >= 4 is 5.69 Å². The maximum absolute atomic E-state index is 5.73. The molecule has 0 atom stereocenters. The fourth-order valence-corrected chi connectivity index (χ4v) is 2.81. The Morgan fingerprint density at radius 1 is 1.05 bits per heavy atom. The van der Waals surface area contributed by atoms with Gasteiger partial charge in [0.15, 0.2) is 5.82 Å². The summed E-state index contributed by atoms with van der Waals surface area (Å²) in [4.78, 5) is 8.60. The molecule has 0 radical (unpaired) electrons. The number of anilines is 1. The Kier molecular flexibility index (Phi) is 3.95. The van der Waals surface area contributed by atoms with Crippen molar-refractivity contribution < 1.29 is 4.52 Å². The summed E-state index contributed by atoms with van der Waals surface area (Å²) in [6.45, 7) is 0. The molecule has 3 rings (SSSR count). The van der Waals surface area contributed by atoms with Crippen molar-refractivity contribution in [2.75, 3.05) is 5.73 Å². The Balaban J connectivity index is 1.78. The van der Waals surface area contributed by atoms with E-state index in [1.807, 2.05) is 6.07 Å². The molecule has 0 unspecified atom stereocenters. The molecule has 2 aromatic heterocycles. The Morgan fingerprint density at radius 3 is 2.55 bits per heavy atom. The average Bonchev–Trinajstić information content (AvgIpc) is 2.88. The molecule has 0 saturated heterocycles. The van der Waals surface area contributed by atoms with Crippen molar-refractivity contribution in [1.29, 1.82) is 0 Å². The summed E-state index contributed by atoms with van der Waals surface area (Å²) in [5.41, 5.74) is 7.12. The van der Waals surface area contributed by atoms with Gasteiger partial charge in [0.1, 0.15) is 0 Å². The number of nitrogen functional groups attached to an aromatic ring is 1. The summed E-state index contributed by atoms with van der Waals surface area (Å²) in [6.07, 6.45) is 12.1. The van der Waals surface area contributed by atoms with Gasteiger partial charge in [0.2, 0.25) is 0 Å². The molecule has 0 spiro atoms. The maximum atomic E-state index is 5.73. The molecule has 2 heterocycles. The fraction of sp³-hybridized carbons (Fsp3) is 0.533. The molecule has 1 aliphatic carbocycles. The Bertz CT molecular complexity index is 559. The van der Waals surface area contributed by atoms with Crippen molar-refractivity contribution in [2.24, 2.45) is 0 Å². The minimum Gasteiger partial charge on any atom is -0.397 e. The highest BCUT2D eigenvalue weighted by Crippen LogP contribution is 2.30. The van der Waals surface area contributed by atoms with E-state index in [0.717, 1.165) is 24.2 Å². The molecular formula is C15H20N4O. The van der Waals surface area contributed by atoms with E-state index in [4.69, 9.17) is 10.3 Å². The highest BCUT2D eigenvalue weighted by Gasteiger charge is 2.20. The van der Waals surface area contributed by atoms with Gasteiger partial charge in [0.05, 0.1) is 11.3 Å². The second kappa shape index (κ2) is 6.03. The number of rotatable bonds is 2. The lowest BCUT2D eigenvalue weighted by atomic mass is 9.91. The van der Waals surface area contributed by atoms with Crippen LogP contribution in [0.2, 0.25) is 0 Å². The molecule has 0 aliphatic heterocycles.